The molecule has 0 bridgehead atoms. The number of nitrogens with one attached hydrogen (secondary N) is 3. The molecule has 0 unspecified atom stereocenters. The molecule has 0 radical (unpaired) electrons. The van der Waals surface area contributed by atoms with Gasteiger partial charge in [0.15, 0.2) is 5.96 Å². The summed E-state index contributed by atoms with van der Waals surface area (Å²) in [7, 11) is 1.81. The van der Waals surface area contributed by atoms with Crippen molar-refractivity contribution in [1.29, 1.82) is 0 Å². The summed E-state index contributed by atoms with van der Waals surface area (Å²) in [5.41, 5.74) is 3.48. The third-order valence-corrected chi connectivity index (χ3v) is 4.80. The van der Waals surface area contributed by atoms with Gasteiger partial charge in [0.2, 0.25) is 0 Å². The molecule has 5 nitrogen and oxygen atoms in total. The van der Waals surface area contributed by atoms with Crippen LogP contribution in [0.15, 0.2) is 59.6 Å². The van der Waals surface area contributed by atoms with E-state index in [-0.39, 0.29) is 5.41 Å². The number of aromatic nitrogens is 2. The molecule has 1 aromatic heterocycles. The SMILES string of the molecule is CN=C(NCCCc1nc2ccccc2[nH]1)NCC(C)(C)c1ccccc1. The van der Waals surface area contributed by atoms with Crippen molar-refractivity contribution >= 4 is 17.0 Å². The molecule has 142 valence electrons. The Morgan fingerprint density at radius 3 is 2.52 bits per heavy atom. The fraction of sp³-hybridized carbons (Fsp3) is 0.364. The van der Waals surface area contributed by atoms with Crippen molar-refractivity contribution in [3.63, 3.8) is 0 Å². The van der Waals surface area contributed by atoms with Gasteiger partial charge < -0.3 is 15.6 Å². The van der Waals surface area contributed by atoms with Crippen molar-refractivity contribution in [1.82, 2.24) is 20.6 Å². The molecule has 0 saturated carbocycles. The maximum atomic E-state index is 4.62. The van der Waals surface area contributed by atoms with Gasteiger partial charge in [-0.15, -0.1) is 0 Å². The highest BCUT2D eigenvalue weighted by Crippen LogP contribution is 2.21. The van der Waals surface area contributed by atoms with Crippen LogP contribution in [-0.2, 0) is 11.8 Å². The van der Waals surface area contributed by atoms with Crippen LogP contribution in [0.5, 0.6) is 0 Å². The molecule has 0 atom stereocenters. The van der Waals surface area contributed by atoms with Crippen LogP contribution >= 0.6 is 0 Å². The number of aromatic amines is 1. The van der Waals surface area contributed by atoms with Gasteiger partial charge in [0.05, 0.1) is 11.0 Å². The number of hydrogen-bond donors (Lipinski definition) is 3. The van der Waals surface area contributed by atoms with Crippen LogP contribution in [0.2, 0.25) is 0 Å². The highest BCUT2D eigenvalue weighted by molar-refractivity contribution is 5.79. The van der Waals surface area contributed by atoms with Gasteiger partial charge in [0, 0.05) is 32.0 Å². The molecule has 3 aromatic rings. The van der Waals surface area contributed by atoms with Crippen LogP contribution < -0.4 is 10.6 Å². The lowest BCUT2D eigenvalue weighted by atomic mass is 9.85. The van der Waals surface area contributed by atoms with E-state index in [0.717, 1.165) is 48.7 Å². The summed E-state index contributed by atoms with van der Waals surface area (Å²) < 4.78 is 0. The minimum atomic E-state index is 0.0349. The monoisotopic (exact) mass is 363 g/mol. The zero-order valence-corrected chi connectivity index (χ0v) is 16.4. The Hall–Kier alpha value is -2.82. The number of imidazole rings is 1. The minimum absolute atomic E-state index is 0.0349. The van der Waals surface area contributed by atoms with Crippen molar-refractivity contribution < 1.29 is 0 Å². The lowest BCUT2D eigenvalue weighted by Crippen LogP contribution is -2.43. The number of H-pyrrole nitrogens is 1. The molecule has 27 heavy (non-hydrogen) atoms. The molecule has 0 aliphatic heterocycles. The van der Waals surface area contributed by atoms with E-state index in [1.54, 1.807) is 0 Å². The molecule has 0 spiro atoms. The summed E-state index contributed by atoms with van der Waals surface area (Å²) in [4.78, 5) is 12.3. The quantitative estimate of drug-likeness (QED) is 0.341. The van der Waals surface area contributed by atoms with E-state index in [1.165, 1.54) is 5.56 Å². The van der Waals surface area contributed by atoms with E-state index < -0.39 is 0 Å². The maximum Gasteiger partial charge on any atom is 0.191 e. The van der Waals surface area contributed by atoms with Crippen LogP contribution in [0.3, 0.4) is 0 Å². The predicted octanol–water partition coefficient (Wildman–Crippen LogP) is 3.64. The van der Waals surface area contributed by atoms with Gasteiger partial charge in [-0.1, -0.05) is 56.3 Å². The average Bonchev–Trinajstić information content (AvgIpc) is 3.11. The Morgan fingerprint density at radius 1 is 1.04 bits per heavy atom. The van der Waals surface area contributed by atoms with E-state index in [0.29, 0.717) is 0 Å². The lowest BCUT2D eigenvalue weighted by molar-refractivity contribution is 0.508. The van der Waals surface area contributed by atoms with Crippen molar-refractivity contribution in [2.24, 2.45) is 4.99 Å². The number of fused-ring (bicyclic) bond motifs is 1. The van der Waals surface area contributed by atoms with Gasteiger partial charge in [-0.3, -0.25) is 4.99 Å². The average molecular weight is 364 g/mol. The standard InChI is InChI=1S/C22H29N5/c1-22(2,17-10-5-4-6-11-17)16-25-21(23-3)24-15-9-14-20-26-18-12-7-8-13-19(18)27-20/h4-8,10-13H,9,14-16H2,1-3H3,(H,26,27)(H2,23,24,25). The highest BCUT2D eigenvalue weighted by Gasteiger charge is 2.20. The fourth-order valence-corrected chi connectivity index (χ4v) is 3.10. The number of rotatable bonds is 7. The number of aliphatic imine (C=N–C) groups is 1. The zero-order chi connectivity index (χ0) is 19.1. The minimum Gasteiger partial charge on any atom is -0.356 e. The van der Waals surface area contributed by atoms with E-state index >= 15 is 0 Å². The van der Waals surface area contributed by atoms with E-state index in [2.05, 4.69) is 75.8 Å². The van der Waals surface area contributed by atoms with Crippen LogP contribution in [0.4, 0.5) is 0 Å². The number of nitrogens with zero attached hydrogens (tertiary/aromatic N) is 2. The predicted molar refractivity (Wildman–Crippen MR) is 113 cm³/mol. The first kappa shape index (κ1) is 19.0. The summed E-state index contributed by atoms with van der Waals surface area (Å²) in [5, 5.41) is 6.84. The van der Waals surface area contributed by atoms with Crippen LogP contribution in [0.1, 0.15) is 31.7 Å². The summed E-state index contributed by atoms with van der Waals surface area (Å²) in [6.45, 7) is 6.15. The molecular formula is C22H29N5. The van der Waals surface area contributed by atoms with E-state index in [4.69, 9.17) is 0 Å². The Labute approximate surface area is 161 Å². The van der Waals surface area contributed by atoms with Gasteiger partial charge in [0.25, 0.3) is 0 Å². The van der Waals surface area contributed by atoms with Crippen molar-refractivity contribution in [3.8, 4) is 0 Å². The Bertz CT molecular complexity index is 847. The molecule has 3 rings (SSSR count). The summed E-state index contributed by atoms with van der Waals surface area (Å²) in [6.07, 6.45) is 1.90. The number of benzene rings is 2. The first-order chi connectivity index (χ1) is 13.1. The maximum absolute atomic E-state index is 4.62. The lowest BCUT2D eigenvalue weighted by Gasteiger charge is -2.26. The number of guanidine groups is 1. The second-order valence-corrected chi connectivity index (χ2v) is 7.41. The molecule has 0 aliphatic carbocycles. The molecule has 1 heterocycles. The molecule has 5 heteroatoms. The Morgan fingerprint density at radius 2 is 1.78 bits per heavy atom. The second kappa shape index (κ2) is 8.71. The van der Waals surface area contributed by atoms with Crippen molar-refractivity contribution in [2.75, 3.05) is 20.1 Å². The molecular weight excluding hydrogens is 334 g/mol. The smallest absolute Gasteiger partial charge is 0.191 e. The largest absolute Gasteiger partial charge is 0.356 e. The first-order valence-electron chi connectivity index (χ1n) is 9.52. The third kappa shape index (κ3) is 5.09. The number of hydrogen-bond acceptors (Lipinski definition) is 2. The van der Waals surface area contributed by atoms with Gasteiger partial charge in [-0.05, 0) is 24.1 Å². The normalized spacial score (nSPS) is 12.3. The Kier molecular flexibility index (Phi) is 6.12. The molecule has 3 N–H and O–H groups in total. The topological polar surface area (TPSA) is 65.1 Å². The van der Waals surface area contributed by atoms with E-state index in [1.807, 2.05) is 25.2 Å². The van der Waals surface area contributed by atoms with Gasteiger partial charge in [-0.25, -0.2) is 4.98 Å². The van der Waals surface area contributed by atoms with Crippen LogP contribution in [0, 0.1) is 0 Å². The molecule has 0 amide bonds. The van der Waals surface area contributed by atoms with E-state index in [9.17, 15) is 0 Å². The first-order valence-corrected chi connectivity index (χ1v) is 9.52. The number of para-hydroxylation sites is 2. The van der Waals surface area contributed by atoms with Gasteiger partial charge >= 0.3 is 0 Å². The summed E-state index contributed by atoms with van der Waals surface area (Å²) in [6, 6.07) is 18.7. The molecule has 0 aliphatic rings. The van der Waals surface area contributed by atoms with Crippen LogP contribution in [-0.4, -0.2) is 36.1 Å². The van der Waals surface area contributed by atoms with Crippen LogP contribution in [0.25, 0.3) is 11.0 Å². The summed E-state index contributed by atoms with van der Waals surface area (Å²) >= 11 is 0. The molecule has 2 aromatic carbocycles. The second-order valence-electron chi connectivity index (χ2n) is 7.41. The highest BCUT2D eigenvalue weighted by atomic mass is 15.2. The van der Waals surface area contributed by atoms with Gasteiger partial charge in [-0.2, -0.15) is 0 Å². The summed E-state index contributed by atoms with van der Waals surface area (Å²) in [5.74, 6) is 1.87. The third-order valence-electron chi connectivity index (χ3n) is 4.80. The molecule has 0 saturated heterocycles. The van der Waals surface area contributed by atoms with Crippen molar-refractivity contribution in [3.05, 3.63) is 66.0 Å². The number of aryl methyl sites for hydroxylation is 1. The molecule has 0 fully saturated rings. The fourth-order valence-electron chi connectivity index (χ4n) is 3.10. The van der Waals surface area contributed by atoms with Gasteiger partial charge in [0.1, 0.15) is 5.82 Å². The Balaban J connectivity index is 1.44. The van der Waals surface area contributed by atoms with Crippen molar-refractivity contribution in [2.45, 2.75) is 32.1 Å². The zero-order valence-electron chi connectivity index (χ0n) is 16.4.